The van der Waals surface area contributed by atoms with E-state index in [9.17, 15) is 4.79 Å². The summed E-state index contributed by atoms with van der Waals surface area (Å²) in [5.74, 6) is 0.452. The fourth-order valence-electron chi connectivity index (χ4n) is 3.73. The largest absolute Gasteiger partial charge is 0.235 e. The number of hydrogen-bond donors (Lipinski definition) is 0. The van der Waals surface area contributed by atoms with Crippen molar-refractivity contribution in [1.29, 1.82) is 0 Å². The smallest absolute Gasteiger partial charge is 0.211 e. The van der Waals surface area contributed by atoms with Gasteiger partial charge in [0.2, 0.25) is 6.08 Å². The molecule has 2 aromatic carbocycles. The van der Waals surface area contributed by atoms with Gasteiger partial charge in [0.1, 0.15) is 0 Å². The molecule has 118 valence electrons. The van der Waals surface area contributed by atoms with E-state index in [2.05, 4.69) is 61.3 Å². The third-order valence-electron chi connectivity index (χ3n) is 4.99. The highest BCUT2D eigenvalue weighted by Gasteiger charge is 2.36. The maximum Gasteiger partial charge on any atom is 0.235 e. The average Bonchev–Trinajstić information content (AvgIpc) is 3.05. The van der Waals surface area contributed by atoms with Gasteiger partial charge in [0.05, 0.1) is 5.54 Å². The molecule has 3 rings (SSSR count). The summed E-state index contributed by atoms with van der Waals surface area (Å²) in [6.45, 7) is 4.44. The Hall–Kier alpha value is -2.18. The monoisotopic (exact) mass is 305 g/mol. The van der Waals surface area contributed by atoms with Crippen LogP contribution >= 0.6 is 0 Å². The topological polar surface area (TPSA) is 29.4 Å². The summed E-state index contributed by atoms with van der Waals surface area (Å²) >= 11 is 0. The fourth-order valence-corrected chi connectivity index (χ4v) is 3.73. The van der Waals surface area contributed by atoms with E-state index in [0.29, 0.717) is 5.92 Å². The lowest BCUT2D eigenvalue weighted by atomic mass is 9.83. The quantitative estimate of drug-likeness (QED) is 0.535. The van der Waals surface area contributed by atoms with Crippen LogP contribution < -0.4 is 0 Å². The maximum atomic E-state index is 11.0. The standard InChI is InChI=1S/C21H23NO/c1-16(2)19-11-10-18(21(22-15-23)12-6-7-13-21)14-20(19)17-8-4-3-5-9-17/h3-5,8-11,14,16H,6-7,12-13H2,1-2H3. The molecule has 2 nitrogen and oxygen atoms in total. The lowest BCUT2D eigenvalue weighted by molar-refractivity contribution is 0.456. The van der Waals surface area contributed by atoms with Crippen molar-refractivity contribution in [2.24, 2.45) is 4.99 Å². The molecule has 0 radical (unpaired) electrons. The third kappa shape index (κ3) is 3.00. The minimum absolute atomic E-state index is 0.360. The van der Waals surface area contributed by atoms with Gasteiger partial charge in [-0.15, -0.1) is 0 Å². The Kier molecular flexibility index (Phi) is 4.45. The molecule has 0 atom stereocenters. The number of nitrogens with zero attached hydrogens (tertiary/aromatic N) is 1. The lowest BCUT2D eigenvalue weighted by Crippen LogP contribution is -2.19. The molecule has 0 N–H and O–H groups in total. The zero-order valence-corrected chi connectivity index (χ0v) is 13.9. The van der Waals surface area contributed by atoms with E-state index >= 15 is 0 Å². The molecular weight excluding hydrogens is 282 g/mol. The highest BCUT2D eigenvalue weighted by Crippen LogP contribution is 2.44. The van der Waals surface area contributed by atoms with Crippen LogP contribution in [0.3, 0.4) is 0 Å². The van der Waals surface area contributed by atoms with Gasteiger partial charge in [0.15, 0.2) is 0 Å². The van der Waals surface area contributed by atoms with Crippen molar-refractivity contribution in [1.82, 2.24) is 0 Å². The van der Waals surface area contributed by atoms with Crippen molar-refractivity contribution < 1.29 is 4.79 Å². The zero-order chi connectivity index (χ0) is 16.3. The van der Waals surface area contributed by atoms with Gasteiger partial charge in [-0.3, -0.25) is 0 Å². The molecule has 2 heteroatoms. The summed E-state index contributed by atoms with van der Waals surface area (Å²) in [5.41, 5.74) is 4.61. The Labute approximate surface area is 138 Å². The zero-order valence-electron chi connectivity index (χ0n) is 13.9. The lowest BCUT2D eigenvalue weighted by Gasteiger charge is -2.25. The minimum Gasteiger partial charge on any atom is -0.211 e. The first-order chi connectivity index (χ1) is 11.2. The van der Waals surface area contributed by atoms with Crippen LogP contribution in [0, 0.1) is 0 Å². The van der Waals surface area contributed by atoms with E-state index in [1.807, 2.05) is 12.1 Å². The molecule has 23 heavy (non-hydrogen) atoms. The Morgan fingerprint density at radius 1 is 1.04 bits per heavy atom. The van der Waals surface area contributed by atoms with Crippen LogP contribution in [0.2, 0.25) is 0 Å². The number of hydrogen-bond acceptors (Lipinski definition) is 2. The fraction of sp³-hybridized carbons (Fsp3) is 0.381. The molecule has 0 amide bonds. The van der Waals surface area contributed by atoms with Gasteiger partial charge in [0, 0.05) is 0 Å². The molecule has 0 saturated heterocycles. The Balaban J connectivity index is 2.16. The summed E-state index contributed by atoms with van der Waals surface area (Å²) < 4.78 is 0. The second kappa shape index (κ2) is 6.52. The summed E-state index contributed by atoms with van der Waals surface area (Å²) in [6.07, 6.45) is 5.95. The number of aliphatic imine (C=N–C) groups is 1. The SMILES string of the molecule is CC(C)c1ccc(C2(N=C=O)CCCC2)cc1-c1ccccc1. The summed E-state index contributed by atoms with van der Waals surface area (Å²) in [7, 11) is 0. The highest BCUT2D eigenvalue weighted by atomic mass is 16.1. The summed E-state index contributed by atoms with van der Waals surface area (Å²) in [6, 6.07) is 17.1. The van der Waals surface area contributed by atoms with Crippen molar-refractivity contribution in [3.63, 3.8) is 0 Å². The summed E-state index contributed by atoms with van der Waals surface area (Å²) in [5, 5.41) is 0. The molecule has 1 aliphatic carbocycles. The van der Waals surface area contributed by atoms with Crippen LogP contribution in [0.25, 0.3) is 11.1 Å². The second-order valence-electron chi connectivity index (χ2n) is 6.76. The minimum atomic E-state index is -0.360. The molecule has 1 fully saturated rings. The molecular formula is C21H23NO. The second-order valence-corrected chi connectivity index (χ2v) is 6.76. The Morgan fingerprint density at radius 2 is 1.74 bits per heavy atom. The van der Waals surface area contributed by atoms with Crippen molar-refractivity contribution in [3.05, 3.63) is 59.7 Å². The third-order valence-corrected chi connectivity index (χ3v) is 4.99. The van der Waals surface area contributed by atoms with Gasteiger partial charge in [-0.2, -0.15) is 4.99 Å². The predicted octanol–water partition coefficient (Wildman–Crippen LogP) is 5.58. The van der Waals surface area contributed by atoms with Crippen LogP contribution in [0.1, 0.15) is 56.6 Å². The van der Waals surface area contributed by atoms with Gasteiger partial charge < -0.3 is 0 Å². The van der Waals surface area contributed by atoms with E-state index in [1.54, 1.807) is 0 Å². The number of rotatable bonds is 4. The van der Waals surface area contributed by atoms with E-state index in [4.69, 9.17) is 0 Å². The van der Waals surface area contributed by atoms with E-state index < -0.39 is 0 Å². The van der Waals surface area contributed by atoms with Gasteiger partial charge in [-0.1, -0.05) is 69.2 Å². The van der Waals surface area contributed by atoms with Gasteiger partial charge in [-0.05, 0) is 47.1 Å². The molecule has 0 aromatic heterocycles. The first-order valence-electron chi connectivity index (χ1n) is 8.45. The van der Waals surface area contributed by atoms with Crippen LogP contribution in [0.15, 0.2) is 53.5 Å². The number of isocyanates is 1. The number of carbonyl (C=O) groups excluding carboxylic acids is 1. The first kappa shape index (κ1) is 15.7. The van der Waals surface area contributed by atoms with Gasteiger partial charge in [-0.25, -0.2) is 4.79 Å². The van der Waals surface area contributed by atoms with Crippen molar-refractivity contribution in [2.45, 2.75) is 51.0 Å². The van der Waals surface area contributed by atoms with Crippen molar-refractivity contribution >= 4 is 6.08 Å². The van der Waals surface area contributed by atoms with E-state index in [1.165, 1.54) is 16.7 Å². The van der Waals surface area contributed by atoms with Crippen LogP contribution in [-0.2, 0) is 10.3 Å². The van der Waals surface area contributed by atoms with Crippen LogP contribution in [0.5, 0.6) is 0 Å². The Morgan fingerprint density at radius 3 is 2.35 bits per heavy atom. The van der Waals surface area contributed by atoms with Crippen LogP contribution in [-0.4, -0.2) is 6.08 Å². The number of benzene rings is 2. The van der Waals surface area contributed by atoms with E-state index in [0.717, 1.165) is 31.2 Å². The molecule has 1 saturated carbocycles. The van der Waals surface area contributed by atoms with Gasteiger partial charge in [0.25, 0.3) is 0 Å². The summed E-state index contributed by atoms with van der Waals surface area (Å²) in [4.78, 5) is 15.2. The first-order valence-corrected chi connectivity index (χ1v) is 8.45. The molecule has 0 aliphatic heterocycles. The molecule has 0 unspecified atom stereocenters. The van der Waals surface area contributed by atoms with Crippen molar-refractivity contribution in [3.8, 4) is 11.1 Å². The normalized spacial score (nSPS) is 16.3. The predicted molar refractivity (Wildman–Crippen MR) is 94.2 cm³/mol. The molecule has 2 aromatic rings. The van der Waals surface area contributed by atoms with Gasteiger partial charge >= 0.3 is 0 Å². The molecule has 0 spiro atoms. The molecule has 0 heterocycles. The van der Waals surface area contributed by atoms with E-state index in [-0.39, 0.29) is 5.54 Å². The van der Waals surface area contributed by atoms with Crippen LogP contribution in [0.4, 0.5) is 0 Å². The maximum absolute atomic E-state index is 11.0. The Bertz CT molecular complexity index is 721. The van der Waals surface area contributed by atoms with Crippen molar-refractivity contribution in [2.75, 3.05) is 0 Å². The highest BCUT2D eigenvalue weighted by molar-refractivity contribution is 5.69. The average molecular weight is 305 g/mol. The molecule has 0 bridgehead atoms. The molecule has 1 aliphatic rings.